The minimum atomic E-state index is 0.463. The number of rotatable bonds is 0. The number of fused-ring (bicyclic) bond motifs is 1. The highest BCUT2D eigenvalue weighted by atomic mass is 35.5. The second-order valence-electron chi connectivity index (χ2n) is 3.08. The number of nitrogens with one attached hydrogen (secondary N) is 1. The second-order valence-corrected chi connectivity index (χ2v) is 3.59. The van der Waals surface area contributed by atoms with Crippen LogP contribution in [-0.4, -0.2) is 18.0 Å². The van der Waals surface area contributed by atoms with Crippen molar-refractivity contribution in [3.63, 3.8) is 0 Å². The normalized spacial score (nSPS) is 49.7. The molecule has 2 fully saturated rings. The average molecular weight is 146 g/mol. The van der Waals surface area contributed by atoms with Crippen LogP contribution in [0.5, 0.6) is 0 Å². The Bertz CT molecular complexity index is 103. The molecule has 0 radical (unpaired) electrons. The van der Waals surface area contributed by atoms with Crippen LogP contribution in [0.2, 0.25) is 0 Å². The van der Waals surface area contributed by atoms with E-state index in [0.29, 0.717) is 11.4 Å². The first-order chi connectivity index (χ1) is 4.39. The lowest BCUT2D eigenvalue weighted by atomic mass is 10.2. The molecule has 9 heavy (non-hydrogen) atoms. The molecule has 0 bridgehead atoms. The van der Waals surface area contributed by atoms with E-state index in [-0.39, 0.29) is 0 Å². The molecular weight excluding hydrogens is 134 g/mol. The van der Waals surface area contributed by atoms with Gasteiger partial charge in [-0.15, -0.1) is 11.6 Å². The maximum Gasteiger partial charge on any atom is 0.0536 e. The van der Waals surface area contributed by atoms with Crippen molar-refractivity contribution in [1.29, 1.82) is 0 Å². The molecule has 2 aliphatic rings. The van der Waals surface area contributed by atoms with Crippen LogP contribution >= 0.6 is 11.6 Å². The second kappa shape index (κ2) is 2.14. The van der Waals surface area contributed by atoms with Crippen LogP contribution in [0.15, 0.2) is 0 Å². The van der Waals surface area contributed by atoms with Gasteiger partial charge in [-0.25, -0.2) is 0 Å². The molecule has 1 heterocycles. The molecule has 0 amide bonds. The Balaban J connectivity index is 1.93. The molecule has 0 aromatic rings. The van der Waals surface area contributed by atoms with Gasteiger partial charge >= 0.3 is 0 Å². The Hall–Kier alpha value is 0.250. The van der Waals surface area contributed by atoms with E-state index in [0.717, 1.165) is 5.92 Å². The van der Waals surface area contributed by atoms with Crippen LogP contribution in [0.25, 0.3) is 0 Å². The summed E-state index contributed by atoms with van der Waals surface area (Å²) < 4.78 is 0. The maximum absolute atomic E-state index is 5.97. The van der Waals surface area contributed by atoms with E-state index < -0.39 is 0 Å². The fraction of sp³-hybridized carbons (Fsp3) is 1.00. The van der Waals surface area contributed by atoms with Gasteiger partial charge in [0.15, 0.2) is 0 Å². The molecule has 3 unspecified atom stereocenters. The third-order valence-corrected chi connectivity index (χ3v) is 3.01. The Morgan fingerprint density at radius 3 is 3.11 bits per heavy atom. The summed E-state index contributed by atoms with van der Waals surface area (Å²) >= 11 is 5.97. The minimum absolute atomic E-state index is 0.463. The van der Waals surface area contributed by atoms with E-state index in [1.54, 1.807) is 0 Å². The van der Waals surface area contributed by atoms with Gasteiger partial charge in [-0.3, -0.25) is 0 Å². The predicted octanol–water partition coefficient (Wildman–Crippen LogP) is 1.37. The summed E-state index contributed by atoms with van der Waals surface area (Å²) in [4.78, 5) is 0. The predicted molar refractivity (Wildman–Crippen MR) is 38.8 cm³/mol. The summed E-state index contributed by atoms with van der Waals surface area (Å²) in [7, 11) is 0. The summed E-state index contributed by atoms with van der Waals surface area (Å²) in [6, 6.07) is 0.675. The van der Waals surface area contributed by atoms with Crippen LogP contribution in [0, 0.1) is 5.92 Å². The lowest BCUT2D eigenvalue weighted by Gasteiger charge is -1.96. The van der Waals surface area contributed by atoms with E-state index in [1.807, 2.05) is 0 Å². The summed E-state index contributed by atoms with van der Waals surface area (Å²) in [5.41, 5.74) is 0. The fourth-order valence-electron chi connectivity index (χ4n) is 1.71. The zero-order chi connectivity index (χ0) is 6.27. The van der Waals surface area contributed by atoms with E-state index in [4.69, 9.17) is 11.6 Å². The van der Waals surface area contributed by atoms with Crippen LogP contribution in [0.3, 0.4) is 0 Å². The molecule has 0 aromatic carbocycles. The fourth-order valence-corrected chi connectivity index (χ4v) is 2.18. The van der Waals surface area contributed by atoms with Crippen molar-refractivity contribution < 1.29 is 0 Å². The molecule has 1 nitrogen and oxygen atoms in total. The van der Waals surface area contributed by atoms with E-state index in [9.17, 15) is 0 Å². The lowest BCUT2D eigenvalue weighted by molar-refractivity contribution is 0.658. The minimum Gasteiger partial charge on any atom is -0.312 e. The molecule has 1 N–H and O–H groups in total. The first-order valence-electron chi connectivity index (χ1n) is 3.77. The van der Waals surface area contributed by atoms with Crippen molar-refractivity contribution in [3.05, 3.63) is 0 Å². The Morgan fingerprint density at radius 1 is 1.33 bits per heavy atom. The molecule has 3 atom stereocenters. The van der Waals surface area contributed by atoms with Gasteiger partial charge in [-0.05, 0) is 25.3 Å². The number of hydrogen-bond donors (Lipinski definition) is 1. The number of alkyl halides is 1. The van der Waals surface area contributed by atoms with Gasteiger partial charge in [0.05, 0.1) is 5.38 Å². The molecule has 1 saturated heterocycles. The summed E-state index contributed by atoms with van der Waals surface area (Å²) in [5, 5.41) is 3.90. The first-order valence-corrected chi connectivity index (χ1v) is 4.21. The average Bonchev–Trinajstić information content (AvgIpc) is 2.51. The van der Waals surface area contributed by atoms with Gasteiger partial charge < -0.3 is 5.32 Å². The highest BCUT2D eigenvalue weighted by Gasteiger charge is 2.48. The first kappa shape index (κ1) is 5.99. The quantitative estimate of drug-likeness (QED) is 0.508. The third-order valence-electron chi connectivity index (χ3n) is 2.42. The Labute approximate surface area is 60.8 Å². The van der Waals surface area contributed by atoms with Gasteiger partial charge in [-0.1, -0.05) is 6.42 Å². The van der Waals surface area contributed by atoms with Gasteiger partial charge in [0, 0.05) is 6.04 Å². The lowest BCUT2D eigenvalue weighted by Crippen LogP contribution is -2.18. The highest BCUT2D eigenvalue weighted by Crippen LogP contribution is 2.41. The molecule has 0 aromatic heterocycles. The van der Waals surface area contributed by atoms with Gasteiger partial charge in [-0.2, -0.15) is 0 Å². The van der Waals surface area contributed by atoms with Gasteiger partial charge in [0.2, 0.25) is 0 Å². The topological polar surface area (TPSA) is 12.0 Å². The standard InChI is InChI=1S/C7H12ClN/c8-6-5-3-1-2-4-9-7(5)6/h5-7,9H,1-4H2. The van der Waals surface area contributed by atoms with Crippen LogP contribution in [0.1, 0.15) is 19.3 Å². The number of halogens is 1. The van der Waals surface area contributed by atoms with Crippen molar-refractivity contribution in [3.8, 4) is 0 Å². The van der Waals surface area contributed by atoms with Crippen molar-refractivity contribution in [2.45, 2.75) is 30.7 Å². The van der Waals surface area contributed by atoms with E-state index in [2.05, 4.69) is 5.32 Å². The third kappa shape index (κ3) is 0.968. The molecule has 2 rings (SSSR count). The summed E-state index contributed by atoms with van der Waals surface area (Å²) in [6.07, 6.45) is 4.07. The monoisotopic (exact) mass is 145 g/mol. The number of hydrogen-bond acceptors (Lipinski definition) is 1. The summed E-state index contributed by atoms with van der Waals surface area (Å²) in [6.45, 7) is 1.18. The molecule has 1 aliphatic heterocycles. The van der Waals surface area contributed by atoms with Crippen molar-refractivity contribution in [2.24, 2.45) is 5.92 Å². The SMILES string of the molecule is ClC1C2CCCCNC12. The summed E-state index contributed by atoms with van der Waals surface area (Å²) in [5.74, 6) is 0.814. The van der Waals surface area contributed by atoms with E-state index >= 15 is 0 Å². The van der Waals surface area contributed by atoms with Gasteiger partial charge in [0.25, 0.3) is 0 Å². The van der Waals surface area contributed by atoms with Crippen molar-refractivity contribution >= 4 is 11.6 Å². The van der Waals surface area contributed by atoms with Crippen LogP contribution in [-0.2, 0) is 0 Å². The highest BCUT2D eigenvalue weighted by molar-refractivity contribution is 6.23. The van der Waals surface area contributed by atoms with Crippen molar-refractivity contribution in [1.82, 2.24) is 5.32 Å². The molecule has 2 heteroatoms. The molecule has 1 aliphatic carbocycles. The Kier molecular flexibility index (Phi) is 1.42. The van der Waals surface area contributed by atoms with Crippen LogP contribution < -0.4 is 5.32 Å². The largest absolute Gasteiger partial charge is 0.312 e. The van der Waals surface area contributed by atoms with Crippen LogP contribution in [0.4, 0.5) is 0 Å². The molecule has 0 spiro atoms. The smallest absolute Gasteiger partial charge is 0.0536 e. The molecular formula is C7H12ClN. The molecule has 1 saturated carbocycles. The van der Waals surface area contributed by atoms with Gasteiger partial charge in [0.1, 0.15) is 0 Å². The maximum atomic E-state index is 5.97. The Morgan fingerprint density at radius 2 is 2.22 bits per heavy atom. The molecule has 52 valence electrons. The van der Waals surface area contributed by atoms with Crippen molar-refractivity contribution in [2.75, 3.05) is 6.54 Å². The zero-order valence-electron chi connectivity index (χ0n) is 5.44. The zero-order valence-corrected chi connectivity index (χ0v) is 6.19. The van der Waals surface area contributed by atoms with E-state index in [1.165, 1.54) is 25.8 Å².